The summed E-state index contributed by atoms with van der Waals surface area (Å²) >= 11 is 0. The summed E-state index contributed by atoms with van der Waals surface area (Å²) in [6, 6.07) is 1.85. The van der Waals surface area contributed by atoms with Crippen LogP contribution in [0.1, 0.15) is 21.7 Å². The predicted molar refractivity (Wildman–Crippen MR) is 73.1 cm³/mol. The molecule has 0 unspecified atom stereocenters. The average molecular weight is 259 g/mol. The third-order valence-electron chi connectivity index (χ3n) is 2.79. The Balaban J connectivity index is 1.96. The van der Waals surface area contributed by atoms with E-state index in [1.807, 2.05) is 13.0 Å². The molecule has 0 atom stereocenters. The minimum absolute atomic E-state index is 0.128. The molecular weight excluding hydrogens is 242 g/mol. The summed E-state index contributed by atoms with van der Waals surface area (Å²) in [6.07, 6.45) is 5.69. The molecule has 100 valence electrons. The van der Waals surface area contributed by atoms with Gasteiger partial charge >= 0.3 is 0 Å². The fourth-order valence-electron chi connectivity index (χ4n) is 1.77. The minimum atomic E-state index is -0.128. The molecule has 6 heteroatoms. The van der Waals surface area contributed by atoms with Crippen molar-refractivity contribution in [2.75, 3.05) is 18.9 Å². The highest BCUT2D eigenvalue weighted by molar-refractivity contribution is 5.99. The van der Waals surface area contributed by atoms with Crippen LogP contribution < -0.4 is 10.6 Å². The number of hydrogen-bond acceptors (Lipinski definition) is 4. The Labute approximate surface area is 111 Å². The number of imidazole rings is 1. The average Bonchev–Trinajstić information content (AvgIpc) is 2.91. The van der Waals surface area contributed by atoms with E-state index in [1.54, 1.807) is 25.8 Å². The summed E-state index contributed by atoms with van der Waals surface area (Å²) in [5, 5.41) is 5.87. The third kappa shape index (κ3) is 3.31. The van der Waals surface area contributed by atoms with Gasteiger partial charge in [-0.2, -0.15) is 0 Å². The van der Waals surface area contributed by atoms with Crippen LogP contribution in [0.4, 0.5) is 5.69 Å². The number of nitrogens with one attached hydrogen (secondary N) is 3. The highest BCUT2D eigenvalue weighted by Crippen LogP contribution is 2.14. The lowest BCUT2D eigenvalue weighted by Gasteiger charge is -2.09. The van der Waals surface area contributed by atoms with E-state index in [4.69, 9.17) is 0 Å². The second-order valence-electron chi connectivity index (χ2n) is 4.20. The number of aromatic nitrogens is 3. The Bertz CT molecular complexity index is 550. The van der Waals surface area contributed by atoms with Crippen molar-refractivity contribution >= 4 is 11.6 Å². The zero-order chi connectivity index (χ0) is 13.7. The maximum atomic E-state index is 12.0. The lowest BCUT2D eigenvalue weighted by atomic mass is 10.2. The molecule has 0 aliphatic rings. The summed E-state index contributed by atoms with van der Waals surface area (Å²) in [5.41, 5.74) is 3.21. The molecule has 2 heterocycles. The molecule has 6 nitrogen and oxygen atoms in total. The van der Waals surface area contributed by atoms with Crippen LogP contribution in [0.3, 0.4) is 0 Å². The first-order valence-electron chi connectivity index (χ1n) is 6.10. The van der Waals surface area contributed by atoms with Crippen molar-refractivity contribution in [3.63, 3.8) is 0 Å². The van der Waals surface area contributed by atoms with Gasteiger partial charge in [0, 0.05) is 43.8 Å². The van der Waals surface area contributed by atoms with Gasteiger partial charge in [-0.05, 0) is 13.0 Å². The van der Waals surface area contributed by atoms with Crippen molar-refractivity contribution in [2.24, 2.45) is 0 Å². The van der Waals surface area contributed by atoms with Gasteiger partial charge in [0.2, 0.25) is 0 Å². The van der Waals surface area contributed by atoms with Gasteiger partial charge in [0.25, 0.3) is 5.91 Å². The fraction of sp³-hybridized carbons (Fsp3) is 0.308. The normalized spacial score (nSPS) is 10.2. The first-order valence-corrected chi connectivity index (χ1v) is 6.10. The van der Waals surface area contributed by atoms with E-state index >= 15 is 0 Å². The van der Waals surface area contributed by atoms with Gasteiger partial charge < -0.3 is 15.6 Å². The number of hydrogen-bond donors (Lipinski definition) is 3. The van der Waals surface area contributed by atoms with E-state index in [0.717, 1.165) is 23.5 Å². The smallest absolute Gasteiger partial charge is 0.254 e. The van der Waals surface area contributed by atoms with Crippen LogP contribution in [-0.2, 0) is 6.42 Å². The topological polar surface area (TPSA) is 82.7 Å². The van der Waals surface area contributed by atoms with Gasteiger partial charge in [0.1, 0.15) is 0 Å². The molecule has 0 saturated carbocycles. The summed E-state index contributed by atoms with van der Waals surface area (Å²) in [5.74, 6) is -0.128. The summed E-state index contributed by atoms with van der Waals surface area (Å²) in [6.45, 7) is 2.44. The van der Waals surface area contributed by atoms with Gasteiger partial charge in [-0.15, -0.1) is 0 Å². The summed E-state index contributed by atoms with van der Waals surface area (Å²) in [4.78, 5) is 23.1. The lowest BCUT2D eigenvalue weighted by molar-refractivity contribution is 0.0954. The highest BCUT2D eigenvalue weighted by atomic mass is 16.1. The lowest BCUT2D eigenvalue weighted by Crippen LogP contribution is -2.26. The van der Waals surface area contributed by atoms with Crippen LogP contribution in [0.2, 0.25) is 0 Å². The van der Waals surface area contributed by atoms with Crippen LogP contribution in [0, 0.1) is 6.92 Å². The van der Waals surface area contributed by atoms with E-state index in [1.165, 1.54) is 0 Å². The molecule has 0 aliphatic carbocycles. The zero-order valence-electron chi connectivity index (χ0n) is 11.0. The number of aromatic amines is 1. The number of amides is 1. The second-order valence-corrected chi connectivity index (χ2v) is 4.20. The van der Waals surface area contributed by atoms with Crippen molar-refractivity contribution in [3.05, 3.63) is 41.7 Å². The van der Waals surface area contributed by atoms with Gasteiger partial charge in [-0.3, -0.25) is 9.78 Å². The molecule has 0 radical (unpaired) electrons. The van der Waals surface area contributed by atoms with Crippen LogP contribution in [0.15, 0.2) is 24.8 Å². The maximum absolute atomic E-state index is 12.0. The Hall–Kier alpha value is -2.37. The first kappa shape index (κ1) is 13.1. The van der Waals surface area contributed by atoms with E-state index in [0.29, 0.717) is 12.1 Å². The van der Waals surface area contributed by atoms with Gasteiger partial charge in [0.15, 0.2) is 0 Å². The molecule has 0 aromatic carbocycles. The monoisotopic (exact) mass is 259 g/mol. The molecule has 0 aliphatic heterocycles. The largest absolute Gasteiger partial charge is 0.387 e. The van der Waals surface area contributed by atoms with Crippen LogP contribution >= 0.6 is 0 Å². The molecule has 2 aromatic rings. The number of nitrogens with zero attached hydrogens (tertiary/aromatic N) is 2. The summed E-state index contributed by atoms with van der Waals surface area (Å²) < 4.78 is 0. The molecule has 0 bridgehead atoms. The van der Waals surface area contributed by atoms with Crippen molar-refractivity contribution in [1.29, 1.82) is 0 Å². The molecular formula is C13H17N5O. The molecule has 0 saturated heterocycles. The minimum Gasteiger partial charge on any atom is -0.387 e. The second kappa shape index (κ2) is 5.99. The third-order valence-corrected chi connectivity index (χ3v) is 2.79. The first-order chi connectivity index (χ1) is 9.20. The van der Waals surface area contributed by atoms with Crippen molar-refractivity contribution in [1.82, 2.24) is 20.3 Å². The molecule has 0 fully saturated rings. The fourth-order valence-corrected chi connectivity index (χ4v) is 1.77. The van der Waals surface area contributed by atoms with E-state index in [9.17, 15) is 4.79 Å². The predicted octanol–water partition coefficient (Wildman–Crippen LogP) is 1.13. The number of carbonyl (C=O) groups is 1. The Kier molecular flexibility index (Phi) is 4.12. The van der Waals surface area contributed by atoms with E-state index in [-0.39, 0.29) is 5.91 Å². The van der Waals surface area contributed by atoms with Crippen molar-refractivity contribution in [3.8, 4) is 0 Å². The molecule has 2 rings (SSSR count). The molecule has 3 N–H and O–H groups in total. The summed E-state index contributed by atoms with van der Waals surface area (Å²) in [7, 11) is 1.79. The Morgan fingerprint density at radius 1 is 1.42 bits per heavy atom. The SMILES string of the molecule is CNc1cc(C)ncc1C(=O)NCCc1cnc[nH]1. The molecule has 19 heavy (non-hydrogen) atoms. The quantitative estimate of drug-likeness (QED) is 0.751. The number of aryl methyl sites for hydroxylation is 1. The van der Waals surface area contributed by atoms with Crippen LogP contribution in [0.5, 0.6) is 0 Å². The highest BCUT2D eigenvalue weighted by Gasteiger charge is 2.11. The maximum Gasteiger partial charge on any atom is 0.254 e. The number of H-pyrrole nitrogens is 1. The zero-order valence-corrected chi connectivity index (χ0v) is 11.0. The van der Waals surface area contributed by atoms with Crippen LogP contribution in [0.25, 0.3) is 0 Å². The van der Waals surface area contributed by atoms with E-state index in [2.05, 4.69) is 25.6 Å². The number of rotatable bonds is 5. The number of carbonyl (C=O) groups excluding carboxylic acids is 1. The van der Waals surface area contributed by atoms with Crippen molar-refractivity contribution < 1.29 is 4.79 Å². The van der Waals surface area contributed by atoms with Crippen LogP contribution in [-0.4, -0.2) is 34.5 Å². The van der Waals surface area contributed by atoms with Crippen molar-refractivity contribution in [2.45, 2.75) is 13.3 Å². The van der Waals surface area contributed by atoms with E-state index < -0.39 is 0 Å². The standard InChI is InChI=1S/C13H17N5O/c1-9-5-12(14-2)11(7-17-9)13(19)16-4-3-10-6-15-8-18-10/h5-8H,3-4H2,1-2H3,(H,14,17)(H,15,18)(H,16,19). The molecule has 0 spiro atoms. The molecule has 2 aromatic heterocycles. The van der Waals surface area contributed by atoms with Gasteiger partial charge in [-0.25, -0.2) is 4.98 Å². The van der Waals surface area contributed by atoms with Gasteiger partial charge in [-0.1, -0.05) is 0 Å². The molecule has 1 amide bonds. The van der Waals surface area contributed by atoms with Gasteiger partial charge in [0.05, 0.1) is 17.6 Å². The number of anilines is 1. The Morgan fingerprint density at radius 2 is 2.26 bits per heavy atom. The number of pyridine rings is 1. The Morgan fingerprint density at radius 3 is 2.95 bits per heavy atom.